The number of rotatable bonds is 2. The van der Waals surface area contributed by atoms with Crippen molar-refractivity contribution < 1.29 is 9.53 Å². The monoisotopic (exact) mass is 481 g/mol. The molecule has 0 aliphatic heterocycles. The van der Waals surface area contributed by atoms with Gasteiger partial charge in [-0.2, -0.15) is 0 Å². The Morgan fingerprint density at radius 1 is 1.10 bits per heavy atom. The SMILES string of the molecule is O=C(Nc1ccccc1Cl)Oc1c(Br)cc(Br)cc1Br. The minimum atomic E-state index is -0.623. The zero-order valence-electron chi connectivity index (χ0n) is 9.79. The van der Waals surface area contributed by atoms with E-state index in [0.717, 1.165) is 4.47 Å². The Kier molecular flexibility index (Phi) is 5.49. The van der Waals surface area contributed by atoms with Crippen LogP contribution in [0.15, 0.2) is 49.8 Å². The van der Waals surface area contributed by atoms with Crippen LogP contribution in [0.1, 0.15) is 0 Å². The predicted octanol–water partition coefficient (Wildman–Crippen LogP) is 6.24. The summed E-state index contributed by atoms with van der Waals surface area (Å²) in [5.41, 5.74) is 0.489. The van der Waals surface area contributed by atoms with Crippen molar-refractivity contribution >= 4 is 71.2 Å². The molecule has 0 saturated carbocycles. The van der Waals surface area contributed by atoms with Crippen LogP contribution in [0.4, 0.5) is 10.5 Å². The number of carbonyl (C=O) groups is 1. The van der Waals surface area contributed by atoms with Gasteiger partial charge in [-0.25, -0.2) is 4.79 Å². The average Bonchev–Trinajstić information content (AvgIpc) is 2.36. The molecule has 104 valence electrons. The molecule has 2 aromatic rings. The van der Waals surface area contributed by atoms with Crippen LogP contribution in [0.2, 0.25) is 5.02 Å². The van der Waals surface area contributed by atoms with Crippen molar-refractivity contribution in [2.24, 2.45) is 0 Å². The first-order chi connectivity index (χ1) is 9.47. The van der Waals surface area contributed by atoms with Gasteiger partial charge >= 0.3 is 6.09 Å². The third-order valence-electron chi connectivity index (χ3n) is 2.27. The maximum atomic E-state index is 11.9. The largest absolute Gasteiger partial charge is 0.417 e. The number of nitrogens with one attached hydrogen (secondary N) is 1. The lowest BCUT2D eigenvalue weighted by atomic mass is 10.3. The van der Waals surface area contributed by atoms with Crippen LogP contribution in [0.3, 0.4) is 0 Å². The Bertz CT molecular complexity index is 641. The lowest BCUT2D eigenvalue weighted by Gasteiger charge is -2.11. The fourth-order valence-corrected chi connectivity index (χ4v) is 4.02. The van der Waals surface area contributed by atoms with Crippen molar-refractivity contribution in [1.82, 2.24) is 0 Å². The summed E-state index contributed by atoms with van der Waals surface area (Å²) in [6, 6.07) is 10.5. The second-order valence-electron chi connectivity index (χ2n) is 3.69. The van der Waals surface area contributed by atoms with E-state index in [1.165, 1.54) is 0 Å². The average molecular weight is 484 g/mol. The molecule has 7 heteroatoms. The smallest absolute Gasteiger partial charge is 0.408 e. The van der Waals surface area contributed by atoms with E-state index in [-0.39, 0.29) is 0 Å². The molecule has 0 spiro atoms. The first-order valence-electron chi connectivity index (χ1n) is 5.35. The minimum absolute atomic E-state index is 0.387. The summed E-state index contributed by atoms with van der Waals surface area (Å²) >= 11 is 16.0. The molecule has 0 radical (unpaired) electrons. The van der Waals surface area contributed by atoms with Crippen LogP contribution in [0.25, 0.3) is 0 Å². The minimum Gasteiger partial charge on any atom is -0.408 e. The highest BCUT2D eigenvalue weighted by Gasteiger charge is 2.13. The Morgan fingerprint density at radius 3 is 2.30 bits per heavy atom. The second-order valence-corrected chi connectivity index (χ2v) is 6.72. The van der Waals surface area contributed by atoms with Gasteiger partial charge in [0.05, 0.1) is 19.7 Å². The molecule has 20 heavy (non-hydrogen) atoms. The highest BCUT2D eigenvalue weighted by molar-refractivity contribution is 9.11. The summed E-state index contributed by atoms with van der Waals surface area (Å²) in [6.07, 6.45) is -0.623. The van der Waals surface area contributed by atoms with Crippen LogP contribution < -0.4 is 10.1 Å². The van der Waals surface area contributed by atoms with Crippen molar-refractivity contribution in [1.29, 1.82) is 0 Å². The molecule has 0 aliphatic rings. The van der Waals surface area contributed by atoms with Crippen molar-refractivity contribution in [3.8, 4) is 5.75 Å². The van der Waals surface area contributed by atoms with E-state index in [1.807, 2.05) is 0 Å². The molecule has 2 aromatic carbocycles. The fourth-order valence-electron chi connectivity index (χ4n) is 1.42. The molecule has 0 heterocycles. The van der Waals surface area contributed by atoms with E-state index in [4.69, 9.17) is 16.3 Å². The van der Waals surface area contributed by atoms with E-state index in [9.17, 15) is 4.79 Å². The van der Waals surface area contributed by atoms with Crippen LogP contribution in [0, 0.1) is 0 Å². The Balaban J connectivity index is 2.15. The topological polar surface area (TPSA) is 38.3 Å². The Morgan fingerprint density at radius 2 is 1.70 bits per heavy atom. The van der Waals surface area contributed by atoms with Crippen LogP contribution >= 0.6 is 59.4 Å². The highest BCUT2D eigenvalue weighted by Crippen LogP contribution is 2.36. The van der Waals surface area contributed by atoms with Crippen molar-refractivity contribution in [2.75, 3.05) is 5.32 Å². The molecule has 0 atom stereocenters. The quantitative estimate of drug-likeness (QED) is 0.548. The molecule has 0 unspecified atom stereocenters. The zero-order valence-corrected chi connectivity index (χ0v) is 15.3. The molecule has 0 fully saturated rings. The van der Waals surface area contributed by atoms with Crippen LogP contribution in [0.5, 0.6) is 5.75 Å². The van der Waals surface area contributed by atoms with E-state index in [2.05, 4.69) is 53.1 Å². The van der Waals surface area contributed by atoms with Gasteiger partial charge in [0.15, 0.2) is 5.75 Å². The van der Waals surface area contributed by atoms with E-state index >= 15 is 0 Å². The van der Waals surface area contributed by atoms with Crippen molar-refractivity contribution in [2.45, 2.75) is 0 Å². The van der Waals surface area contributed by atoms with Gasteiger partial charge in [-0.1, -0.05) is 39.7 Å². The van der Waals surface area contributed by atoms with Gasteiger partial charge in [-0.05, 0) is 56.1 Å². The van der Waals surface area contributed by atoms with Gasteiger partial charge < -0.3 is 4.74 Å². The summed E-state index contributed by atoms with van der Waals surface area (Å²) in [5, 5.41) is 3.02. The molecular weight excluding hydrogens is 477 g/mol. The summed E-state index contributed by atoms with van der Waals surface area (Å²) in [6.45, 7) is 0. The van der Waals surface area contributed by atoms with Gasteiger partial charge in [0, 0.05) is 4.47 Å². The van der Waals surface area contributed by atoms with Gasteiger partial charge in [0.1, 0.15) is 0 Å². The molecule has 3 nitrogen and oxygen atoms in total. The summed E-state index contributed by atoms with van der Waals surface area (Å²) in [7, 11) is 0. The summed E-state index contributed by atoms with van der Waals surface area (Å²) in [4.78, 5) is 11.9. The normalized spacial score (nSPS) is 10.2. The van der Waals surface area contributed by atoms with E-state index < -0.39 is 6.09 Å². The maximum Gasteiger partial charge on any atom is 0.417 e. The molecule has 0 aromatic heterocycles. The molecule has 0 bridgehead atoms. The predicted molar refractivity (Wildman–Crippen MR) is 90.6 cm³/mol. The molecule has 1 amide bonds. The maximum absolute atomic E-state index is 11.9. The highest BCUT2D eigenvalue weighted by atomic mass is 79.9. The van der Waals surface area contributed by atoms with Crippen LogP contribution in [-0.4, -0.2) is 6.09 Å². The van der Waals surface area contributed by atoms with E-state index in [0.29, 0.717) is 25.4 Å². The summed E-state index contributed by atoms with van der Waals surface area (Å²) < 4.78 is 7.42. The number of halogens is 4. The lowest BCUT2D eigenvalue weighted by molar-refractivity contribution is 0.214. The molecule has 0 aliphatic carbocycles. The second kappa shape index (κ2) is 6.93. The zero-order chi connectivity index (χ0) is 14.7. The molecule has 0 saturated heterocycles. The van der Waals surface area contributed by atoms with Gasteiger partial charge in [-0.3, -0.25) is 5.32 Å². The number of benzene rings is 2. The number of para-hydroxylation sites is 1. The number of anilines is 1. The first kappa shape index (κ1) is 15.8. The number of carbonyl (C=O) groups excluding carboxylic acids is 1. The first-order valence-corrected chi connectivity index (χ1v) is 8.11. The number of ether oxygens (including phenoxy) is 1. The molecule has 1 N–H and O–H groups in total. The van der Waals surface area contributed by atoms with Gasteiger partial charge in [0.2, 0.25) is 0 Å². The number of amides is 1. The third-order valence-corrected chi connectivity index (χ3v) is 4.23. The lowest BCUT2D eigenvalue weighted by Crippen LogP contribution is -2.17. The number of hydrogen-bond acceptors (Lipinski definition) is 2. The summed E-state index contributed by atoms with van der Waals surface area (Å²) in [5.74, 6) is 0.387. The Hall–Kier alpha value is -0.560. The molecule has 2 rings (SSSR count). The van der Waals surface area contributed by atoms with Crippen LogP contribution in [-0.2, 0) is 0 Å². The molecular formula is C13H7Br3ClNO2. The van der Waals surface area contributed by atoms with Gasteiger partial charge in [0.25, 0.3) is 0 Å². The van der Waals surface area contributed by atoms with E-state index in [1.54, 1.807) is 36.4 Å². The number of hydrogen-bond donors (Lipinski definition) is 1. The van der Waals surface area contributed by atoms with Crippen molar-refractivity contribution in [3.63, 3.8) is 0 Å². The Labute approximate surface area is 146 Å². The standard InChI is InChI=1S/C13H7Br3ClNO2/c14-7-5-8(15)12(9(16)6-7)20-13(19)18-11-4-2-1-3-10(11)17/h1-6H,(H,18,19). The third kappa shape index (κ3) is 3.97. The fraction of sp³-hybridized carbons (Fsp3) is 0. The van der Waals surface area contributed by atoms with Crippen molar-refractivity contribution in [3.05, 3.63) is 54.8 Å². The van der Waals surface area contributed by atoms with Gasteiger partial charge in [-0.15, -0.1) is 0 Å².